The Balaban J connectivity index is 0.00000144. The summed E-state index contributed by atoms with van der Waals surface area (Å²) in [7, 11) is 0. The third-order valence-corrected chi connectivity index (χ3v) is 2.28. The van der Waals surface area contributed by atoms with E-state index < -0.39 is 0 Å². The summed E-state index contributed by atoms with van der Waals surface area (Å²) in [4.78, 5) is 12.0. The van der Waals surface area contributed by atoms with Crippen LogP contribution in [0, 0.1) is 0 Å². The minimum absolute atomic E-state index is 0. The highest BCUT2D eigenvalue weighted by atomic mass is 35.5. The molecule has 74 valence electrons. The predicted molar refractivity (Wildman–Crippen MR) is 57.6 cm³/mol. The molecular formula is C8H13ClN2OS. The van der Waals surface area contributed by atoms with E-state index in [-0.39, 0.29) is 18.3 Å². The third-order valence-electron chi connectivity index (χ3n) is 1.41. The highest BCUT2D eigenvalue weighted by Gasteiger charge is 2.03. The van der Waals surface area contributed by atoms with Gasteiger partial charge in [-0.1, -0.05) is 6.07 Å². The summed E-state index contributed by atoms with van der Waals surface area (Å²) in [5.74, 6) is -0.00144. The van der Waals surface area contributed by atoms with Crippen molar-refractivity contribution in [1.82, 2.24) is 5.32 Å². The molecule has 3 nitrogen and oxygen atoms in total. The maximum Gasteiger partial charge on any atom is 0.261 e. The number of hydrogen-bond acceptors (Lipinski definition) is 3. The molecule has 3 N–H and O–H groups in total. The van der Waals surface area contributed by atoms with Crippen LogP contribution < -0.4 is 11.1 Å². The molecule has 0 radical (unpaired) electrons. The SMILES string of the molecule is Cl.NCCCNC(=O)c1cccs1. The quantitative estimate of drug-likeness (QED) is 0.751. The standard InChI is InChI=1S/C8H12N2OS.ClH/c9-4-2-5-10-8(11)7-3-1-6-12-7;/h1,3,6H,2,4-5,9H2,(H,10,11);1H. The molecule has 5 heteroatoms. The fourth-order valence-electron chi connectivity index (χ4n) is 0.799. The molecule has 0 aliphatic carbocycles. The van der Waals surface area contributed by atoms with Gasteiger partial charge in [0.25, 0.3) is 5.91 Å². The molecule has 0 unspecified atom stereocenters. The second-order valence-electron chi connectivity index (χ2n) is 2.38. The first-order valence-electron chi connectivity index (χ1n) is 3.86. The van der Waals surface area contributed by atoms with Crippen molar-refractivity contribution in [2.24, 2.45) is 5.73 Å². The normalized spacial score (nSPS) is 9.00. The molecule has 0 aromatic carbocycles. The van der Waals surface area contributed by atoms with E-state index >= 15 is 0 Å². The lowest BCUT2D eigenvalue weighted by molar-refractivity contribution is 0.0957. The lowest BCUT2D eigenvalue weighted by atomic mass is 10.4. The molecule has 0 atom stereocenters. The molecular weight excluding hydrogens is 208 g/mol. The number of carbonyl (C=O) groups excluding carboxylic acids is 1. The fourth-order valence-corrected chi connectivity index (χ4v) is 1.44. The van der Waals surface area contributed by atoms with E-state index in [1.807, 2.05) is 17.5 Å². The molecule has 0 saturated carbocycles. The summed E-state index contributed by atoms with van der Waals surface area (Å²) in [5.41, 5.74) is 5.28. The van der Waals surface area contributed by atoms with Gasteiger partial charge in [-0.25, -0.2) is 0 Å². The van der Waals surface area contributed by atoms with Crippen molar-refractivity contribution in [3.05, 3.63) is 22.4 Å². The molecule has 0 bridgehead atoms. The van der Waals surface area contributed by atoms with Gasteiger partial charge in [0, 0.05) is 6.54 Å². The van der Waals surface area contributed by atoms with Gasteiger partial charge in [-0.05, 0) is 24.4 Å². The van der Waals surface area contributed by atoms with Crippen molar-refractivity contribution in [3.8, 4) is 0 Å². The second kappa shape index (κ2) is 6.88. The van der Waals surface area contributed by atoms with Crippen LogP contribution in [-0.2, 0) is 0 Å². The minimum atomic E-state index is -0.00144. The van der Waals surface area contributed by atoms with Gasteiger partial charge in [-0.3, -0.25) is 4.79 Å². The van der Waals surface area contributed by atoms with Crippen LogP contribution >= 0.6 is 23.7 Å². The van der Waals surface area contributed by atoms with E-state index in [0.29, 0.717) is 13.1 Å². The van der Waals surface area contributed by atoms with E-state index in [2.05, 4.69) is 5.32 Å². The Morgan fingerprint density at radius 3 is 2.92 bits per heavy atom. The zero-order valence-corrected chi connectivity index (χ0v) is 8.79. The minimum Gasteiger partial charge on any atom is -0.351 e. The summed E-state index contributed by atoms with van der Waals surface area (Å²) >= 11 is 1.45. The van der Waals surface area contributed by atoms with Gasteiger partial charge in [0.2, 0.25) is 0 Å². The number of nitrogens with one attached hydrogen (secondary N) is 1. The first-order valence-corrected chi connectivity index (χ1v) is 4.74. The number of carbonyl (C=O) groups is 1. The van der Waals surface area contributed by atoms with E-state index in [1.54, 1.807) is 0 Å². The number of thiophene rings is 1. The maximum absolute atomic E-state index is 11.2. The van der Waals surface area contributed by atoms with E-state index in [4.69, 9.17) is 5.73 Å². The third kappa shape index (κ3) is 4.26. The van der Waals surface area contributed by atoms with Gasteiger partial charge in [0.15, 0.2) is 0 Å². The van der Waals surface area contributed by atoms with Gasteiger partial charge in [-0.15, -0.1) is 23.7 Å². The lowest BCUT2D eigenvalue weighted by Crippen LogP contribution is -2.25. The molecule has 0 aliphatic heterocycles. The number of amides is 1. The highest BCUT2D eigenvalue weighted by molar-refractivity contribution is 7.12. The van der Waals surface area contributed by atoms with Crippen LogP contribution in [-0.4, -0.2) is 19.0 Å². The van der Waals surface area contributed by atoms with Crippen molar-refractivity contribution in [3.63, 3.8) is 0 Å². The molecule has 1 aromatic heterocycles. The average Bonchev–Trinajstić information content (AvgIpc) is 2.56. The summed E-state index contributed by atoms with van der Waals surface area (Å²) < 4.78 is 0. The number of rotatable bonds is 4. The Bertz CT molecular complexity index is 238. The topological polar surface area (TPSA) is 55.1 Å². The van der Waals surface area contributed by atoms with E-state index in [1.165, 1.54) is 11.3 Å². The summed E-state index contributed by atoms with van der Waals surface area (Å²) in [6.45, 7) is 1.28. The number of hydrogen-bond donors (Lipinski definition) is 2. The summed E-state index contributed by atoms with van der Waals surface area (Å²) in [5, 5.41) is 4.66. The van der Waals surface area contributed by atoms with Crippen molar-refractivity contribution < 1.29 is 4.79 Å². The number of halogens is 1. The molecule has 0 saturated heterocycles. The number of nitrogens with two attached hydrogens (primary N) is 1. The first-order chi connectivity index (χ1) is 5.84. The molecule has 0 spiro atoms. The second-order valence-corrected chi connectivity index (χ2v) is 3.32. The fraction of sp³-hybridized carbons (Fsp3) is 0.375. The zero-order chi connectivity index (χ0) is 8.81. The van der Waals surface area contributed by atoms with Crippen molar-refractivity contribution in [2.75, 3.05) is 13.1 Å². The van der Waals surface area contributed by atoms with Gasteiger partial charge >= 0.3 is 0 Å². The van der Waals surface area contributed by atoms with Crippen LogP contribution in [0.4, 0.5) is 0 Å². The van der Waals surface area contributed by atoms with Crippen LogP contribution in [0.1, 0.15) is 16.1 Å². The molecule has 1 aromatic rings. The van der Waals surface area contributed by atoms with Crippen LogP contribution in [0.15, 0.2) is 17.5 Å². The molecule has 1 rings (SSSR count). The largest absolute Gasteiger partial charge is 0.351 e. The maximum atomic E-state index is 11.2. The van der Waals surface area contributed by atoms with Gasteiger partial charge < -0.3 is 11.1 Å². The van der Waals surface area contributed by atoms with Crippen LogP contribution in [0.5, 0.6) is 0 Å². The molecule has 1 heterocycles. The summed E-state index contributed by atoms with van der Waals surface area (Å²) in [6, 6.07) is 3.67. The Labute approximate surface area is 87.7 Å². The Morgan fingerprint density at radius 1 is 1.62 bits per heavy atom. The van der Waals surface area contributed by atoms with Crippen LogP contribution in [0.2, 0.25) is 0 Å². The van der Waals surface area contributed by atoms with Crippen molar-refractivity contribution in [2.45, 2.75) is 6.42 Å². The van der Waals surface area contributed by atoms with E-state index in [0.717, 1.165) is 11.3 Å². The molecule has 13 heavy (non-hydrogen) atoms. The Hall–Kier alpha value is -0.580. The van der Waals surface area contributed by atoms with Crippen molar-refractivity contribution >= 4 is 29.7 Å². The molecule has 0 aliphatic rings. The zero-order valence-electron chi connectivity index (χ0n) is 7.16. The Morgan fingerprint density at radius 2 is 2.38 bits per heavy atom. The van der Waals surface area contributed by atoms with Crippen LogP contribution in [0.25, 0.3) is 0 Å². The highest BCUT2D eigenvalue weighted by Crippen LogP contribution is 2.07. The van der Waals surface area contributed by atoms with Crippen LogP contribution in [0.3, 0.4) is 0 Å². The predicted octanol–water partition coefficient (Wildman–Crippen LogP) is 1.25. The average molecular weight is 221 g/mol. The van der Waals surface area contributed by atoms with Gasteiger partial charge in [-0.2, -0.15) is 0 Å². The summed E-state index contributed by atoms with van der Waals surface area (Å²) in [6.07, 6.45) is 0.830. The monoisotopic (exact) mass is 220 g/mol. The smallest absolute Gasteiger partial charge is 0.261 e. The lowest BCUT2D eigenvalue weighted by Gasteiger charge is -2.00. The van der Waals surface area contributed by atoms with E-state index in [9.17, 15) is 4.79 Å². The molecule has 0 fully saturated rings. The Kier molecular flexibility index (Phi) is 6.58. The van der Waals surface area contributed by atoms with Gasteiger partial charge in [0.1, 0.15) is 0 Å². The van der Waals surface area contributed by atoms with Gasteiger partial charge in [0.05, 0.1) is 4.88 Å². The molecule has 1 amide bonds. The first kappa shape index (κ1) is 12.4. The van der Waals surface area contributed by atoms with Crippen molar-refractivity contribution in [1.29, 1.82) is 0 Å².